The van der Waals surface area contributed by atoms with Gasteiger partial charge in [0, 0.05) is 10.2 Å². The van der Waals surface area contributed by atoms with E-state index in [1.807, 2.05) is 70.2 Å². The molecule has 0 saturated carbocycles. The molecule has 2 aromatic carbocycles. The maximum atomic E-state index is 12.7. The number of amides is 1. The van der Waals surface area contributed by atoms with Gasteiger partial charge in [0.25, 0.3) is 5.91 Å². The fourth-order valence-corrected chi connectivity index (χ4v) is 3.57. The second-order valence-corrected chi connectivity index (χ2v) is 8.37. The molecule has 0 spiro atoms. The van der Waals surface area contributed by atoms with Crippen molar-refractivity contribution in [2.45, 2.75) is 45.8 Å². The third-order valence-electron chi connectivity index (χ3n) is 4.35. The van der Waals surface area contributed by atoms with Crippen LogP contribution in [0, 0.1) is 0 Å². The first-order valence-corrected chi connectivity index (χ1v) is 9.39. The van der Waals surface area contributed by atoms with Gasteiger partial charge in [-0.25, -0.2) is 0 Å². The van der Waals surface area contributed by atoms with Crippen LogP contribution < -0.4 is 4.90 Å². The maximum absolute atomic E-state index is 12.7. The molecule has 0 N–H and O–H groups in total. The van der Waals surface area contributed by atoms with E-state index in [1.54, 1.807) is 4.90 Å². The van der Waals surface area contributed by atoms with Crippen molar-refractivity contribution in [3.8, 4) is 0 Å². The molecule has 1 unspecified atom stereocenters. The predicted molar refractivity (Wildman–Crippen MR) is 105 cm³/mol. The topological polar surface area (TPSA) is 46.6 Å². The van der Waals surface area contributed by atoms with Crippen LogP contribution in [-0.4, -0.2) is 17.5 Å². The predicted octanol–water partition coefficient (Wildman–Crippen LogP) is 5.05. The van der Waals surface area contributed by atoms with E-state index in [2.05, 4.69) is 15.9 Å². The zero-order valence-electron chi connectivity index (χ0n) is 15.4. The lowest BCUT2D eigenvalue weighted by atomic mass is 10.0. The van der Waals surface area contributed by atoms with Gasteiger partial charge in [0.2, 0.25) is 0 Å². The van der Waals surface area contributed by atoms with Crippen molar-refractivity contribution in [3.05, 3.63) is 63.6 Å². The van der Waals surface area contributed by atoms with Gasteiger partial charge in [-0.15, -0.1) is 0 Å². The summed E-state index contributed by atoms with van der Waals surface area (Å²) < 4.78 is 6.27. The number of halogens is 1. The summed E-state index contributed by atoms with van der Waals surface area (Å²) in [4.78, 5) is 26.7. The molecule has 0 aliphatic carbocycles. The summed E-state index contributed by atoms with van der Waals surface area (Å²) in [6.07, 6.45) is 0. The van der Waals surface area contributed by atoms with E-state index in [4.69, 9.17) is 4.74 Å². The smallest absolute Gasteiger partial charge is 0.313 e. The van der Waals surface area contributed by atoms with E-state index >= 15 is 0 Å². The van der Waals surface area contributed by atoms with Crippen molar-refractivity contribution in [2.24, 2.45) is 0 Å². The van der Waals surface area contributed by atoms with E-state index in [0.29, 0.717) is 6.54 Å². The quantitative estimate of drug-likeness (QED) is 0.658. The molecule has 0 saturated heterocycles. The van der Waals surface area contributed by atoms with Crippen molar-refractivity contribution >= 4 is 33.5 Å². The van der Waals surface area contributed by atoms with Gasteiger partial charge in [-0.1, -0.05) is 24.3 Å². The Hall–Kier alpha value is -2.14. The second-order valence-electron chi connectivity index (χ2n) is 7.51. The van der Waals surface area contributed by atoms with Crippen molar-refractivity contribution in [1.82, 2.24) is 0 Å². The third kappa shape index (κ3) is 3.68. The molecule has 26 heavy (non-hydrogen) atoms. The van der Waals surface area contributed by atoms with E-state index < -0.39 is 5.60 Å². The highest BCUT2D eigenvalue weighted by atomic mass is 79.9. The molecule has 4 nitrogen and oxygen atoms in total. The van der Waals surface area contributed by atoms with Crippen LogP contribution in [0.15, 0.2) is 46.9 Å². The number of fused-ring (bicyclic) bond motifs is 1. The molecule has 136 valence electrons. The van der Waals surface area contributed by atoms with Gasteiger partial charge in [-0.05, 0) is 73.0 Å². The Balaban J connectivity index is 1.78. The molecule has 0 radical (unpaired) electrons. The average molecular weight is 416 g/mol. The van der Waals surface area contributed by atoms with Gasteiger partial charge in [0.1, 0.15) is 5.60 Å². The highest BCUT2D eigenvalue weighted by Crippen LogP contribution is 2.33. The van der Waals surface area contributed by atoms with E-state index in [-0.39, 0.29) is 17.8 Å². The first-order valence-electron chi connectivity index (χ1n) is 8.59. The molecular weight excluding hydrogens is 394 g/mol. The fraction of sp³-hybridized carbons (Fsp3) is 0.333. The lowest BCUT2D eigenvalue weighted by Crippen LogP contribution is -2.27. The summed E-state index contributed by atoms with van der Waals surface area (Å²) in [6, 6.07) is 13.3. The van der Waals surface area contributed by atoms with Gasteiger partial charge in [-0.3, -0.25) is 9.59 Å². The number of hydrogen-bond acceptors (Lipinski definition) is 3. The number of benzene rings is 2. The molecule has 5 heteroatoms. The zero-order valence-corrected chi connectivity index (χ0v) is 17.0. The van der Waals surface area contributed by atoms with Crippen LogP contribution in [0.2, 0.25) is 0 Å². The summed E-state index contributed by atoms with van der Waals surface area (Å²) >= 11 is 3.46. The third-order valence-corrected chi connectivity index (χ3v) is 5.01. The Kier molecular flexibility index (Phi) is 4.93. The highest BCUT2D eigenvalue weighted by Gasteiger charge is 2.30. The van der Waals surface area contributed by atoms with Crippen molar-refractivity contribution in [2.75, 3.05) is 4.90 Å². The standard InChI is InChI=1S/C21H22BrNO3/c1-13(20(25)26-21(2,3)4)14-8-10-16(11-9-14)23-12-15-6-5-7-17(22)18(15)19(23)24/h5-11,13H,12H2,1-4H3. The zero-order chi connectivity index (χ0) is 19.1. The maximum Gasteiger partial charge on any atom is 0.313 e. The average Bonchev–Trinajstić information content (AvgIpc) is 2.91. The highest BCUT2D eigenvalue weighted by molar-refractivity contribution is 9.10. The largest absolute Gasteiger partial charge is 0.460 e. The monoisotopic (exact) mass is 415 g/mol. The summed E-state index contributed by atoms with van der Waals surface area (Å²) in [5, 5.41) is 0. The van der Waals surface area contributed by atoms with Crippen molar-refractivity contribution < 1.29 is 14.3 Å². The Bertz CT molecular complexity index is 853. The number of ether oxygens (including phenoxy) is 1. The minimum absolute atomic E-state index is 0.0135. The van der Waals surface area contributed by atoms with E-state index in [9.17, 15) is 9.59 Å². The lowest BCUT2D eigenvalue weighted by molar-refractivity contribution is -0.156. The Morgan fingerprint density at radius 3 is 2.38 bits per heavy atom. The van der Waals surface area contributed by atoms with Crippen LogP contribution in [0.5, 0.6) is 0 Å². The van der Waals surface area contributed by atoms with E-state index in [0.717, 1.165) is 26.9 Å². The van der Waals surface area contributed by atoms with Gasteiger partial charge in [0.05, 0.1) is 18.0 Å². The Morgan fingerprint density at radius 2 is 1.81 bits per heavy atom. The Labute approximate surface area is 162 Å². The minimum atomic E-state index is -0.508. The molecule has 0 fully saturated rings. The van der Waals surface area contributed by atoms with Crippen LogP contribution in [-0.2, 0) is 16.1 Å². The molecule has 0 aromatic heterocycles. The van der Waals surface area contributed by atoms with Crippen molar-refractivity contribution in [3.63, 3.8) is 0 Å². The summed E-state index contributed by atoms with van der Waals surface area (Å²) in [7, 11) is 0. The van der Waals surface area contributed by atoms with Crippen LogP contribution in [0.4, 0.5) is 5.69 Å². The van der Waals surface area contributed by atoms with Crippen LogP contribution >= 0.6 is 15.9 Å². The molecule has 0 bridgehead atoms. The fourth-order valence-electron chi connectivity index (χ4n) is 2.99. The minimum Gasteiger partial charge on any atom is -0.460 e. The number of nitrogens with zero attached hydrogens (tertiary/aromatic N) is 1. The molecule has 3 rings (SSSR count). The summed E-state index contributed by atoms with van der Waals surface area (Å²) in [6.45, 7) is 7.95. The molecule has 1 aliphatic rings. The lowest BCUT2D eigenvalue weighted by Gasteiger charge is -2.23. The van der Waals surface area contributed by atoms with Crippen molar-refractivity contribution in [1.29, 1.82) is 0 Å². The number of esters is 1. The SMILES string of the molecule is CC(C(=O)OC(C)(C)C)c1ccc(N2Cc3cccc(Br)c3C2=O)cc1. The first-order chi connectivity index (χ1) is 12.2. The number of carbonyl (C=O) groups is 2. The molecule has 1 amide bonds. The number of hydrogen-bond donors (Lipinski definition) is 0. The molecule has 2 aromatic rings. The summed E-state index contributed by atoms with van der Waals surface area (Å²) in [5.74, 6) is -0.622. The van der Waals surface area contributed by atoms with Crippen LogP contribution in [0.25, 0.3) is 0 Å². The number of anilines is 1. The first kappa shape index (κ1) is 18.6. The second kappa shape index (κ2) is 6.88. The van der Waals surface area contributed by atoms with Crippen LogP contribution in [0.1, 0.15) is 55.1 Å². The normalized spacial score (nSPS) is 15.0. The number of rotatable bonds is 3. The molecular formula is C21H22BrNO3. The summed E-state index contributed by atoms with van der Waals surface area (Å²) in [5.41, 5.74) is 2.91. The van der Waals surface area contributed by atoms with E-state index in [1.165, 1.54) is 0 Å². The Morgan fingerprint density at radius 1 is 1.15 bits per heavy atom. The van der Waals surface area contributed by atoms with Gasteiger partial charge in [0.15, 0.2) is 0 Å². The van der Waals surface area contributed by atoms with Crippen LogP contribution in [0.3, 0.4) is 0 Å². The molecule has 1 aliphatic heterocycles. The molecule has 1 atom stereocenters. The molecule has 1 heterocycles. The van der Waals surface area contributed by atoms with Gasteiger partial charge in [-0.2, -0.15) is 0 Å². The van der Waals surface area contributed by atoms with Gasteiger partial charge >= 0.3 is 5.97 Å². The van der Waals surface area contributed by atoms with Gasteiger partial charge < -0.3 is 9.64 Å². The number of carbonyl (C=O) groups excluding carboxylic acids is 2.